The van der Waals surface area contributed by atoms with Gasteiger partial charge in [0.25, 0.3) is 0 Å². The van der Waals surface area contributed by atoms with Gasteiger partial charge in [0, 0.05) is 24.5 Å². The van der Waals surface area contributed by atoms with Gasteiger partial charge < -0.3 is 25.2 Å². The lowest BCUT2D eigenvalue weighted by Gasteiger charge is -2.38. The van der Waals surface area contributed by atoms with Gasteiger partial charge in [-0.2, -0.15) is 0 Å². The first-order valence-corrected chi connectivity index (χ1v) is 6.31. The Kier molecular flexibility index (Phi) is 3.73. The van der Waals surface area contributed by atoms with Crippen LogP contribution in [0.25, 0.3) is 0 Å². The molecule has 0 saturated carbocycles. The van der Waals surface area contributed by atoms with Crippen LogP contribution < -0.4 is 4.74 Å². The van der Waals surface area contributed by atoms with E-state index in [1.807, 2.05) is 0 Å². The van der Waals surface area contributed by atoms with Crippen LogP contribution in [0.4, 0.5) is 0 Å². The molecule has 0 amide bonds. The van der Waals surface area contributed by atoms with Crippen LogP contribution in [0.15, 0.2) is 12.1 Å². The second-order valence-electron chi connectivity index (χ2n) is 5.27. The summed E-state index contributed by atoms with van der Waals surface area (Å²) in [5.41, 5.74) is -1.65. The van der Waals surface area contributed by atoms with Crippen molar-refractivity contribution in [2.45, 2.75) is 37.6 Å². The lowest BCUT2D eigenvalue weighted by atomic mass is 9.74. The number of fused-ring (bicyclic) bond motifs is 1. The highest BCUT2D eigenvalue weighted by atomic mass is 16.5. The van der Waals surface area contributed by atoms with Crippen molar-refractivity contribution in [3.05, 3.63) is 23.3 Å². The number of ether oxygens (including phenoxy) is 1. The lowest BCUT2D eigenvalue weighted by molar-refractivity contribution is -0.102. The largest absolute Gasteiger partial charge is 0.507 e. The zero-order chi connectivity index (χ0) is 15.1. The molecule has 1 aromatic carbocycles. The van der Waals surface area contributed by atoms with Crippen LogP contribution in [-0.4, -0.2) is 45.0 Å². The molecular weight excluding hydrogens is 264 g/mol. The first kappa shape index (κ1) is 14.8. The predicted octanol–water partition coefficient (Wildman–Crippen LogP) is 0.523. The highest BCUT2D eigenvalue weighted by molar-refractivity contribution is 6.02. The average molecular weight is 282 g/mol. The van der Waals surface area contributed by atoms with E-state index in [1.54, 1.807) is 0 Å². The summed E-state index contributed by atoms with van der Waals surface area (Å²) >= 11 is 0. The standard InChI is InChI=1S/C14H18O6/c1-7(15)5-14(19)6-11(17)12-9(13(14)18)3-8(20-2)4-10(12)16/h3-4,7,13,15-16,18-19H,5-6H2,1-2H3/t7-,13-,14-/m0/s1. The molecule has 1 aliphatic carbocycles. The van der Waals surface area contributed by atoms with E-state index in [0.29, 0.717) is 0 Å². The molecule has 3 atom stereocenters. The van der Waals surface area contributed by atoms with Gasteiger partial charge in [-0.3, -0.25) is 4.79 Å². The minimum Gasteiger partial charge on any atom is -0.507 e. The summed E-state index contributed by atoms with van der Waals surface area (Å²) in [5.74, 6) is -0.495. The molecule has 6 nitrogen and oxygen atoms in total. The van der Waals surface area contributed by atoms with E-state index >= 15 is 0 Å². The third-order valence-corrected chi connectivity index (χ3v) is 3.56. The number of carbonyl (C=O) groups excluding carboxylic acids is 1. The van der Waals surface area contributed by atoms with Gasteiger partial charge in [0.2, 0.25) is 0 Å². The van der Waals surface area contributed by atoms with Crippen molar-refractivity contribution in [3.63, 3.8) is 0 Å². The highest BCUT2D eigenvalue weighted by Gasteiger charge is 2.46. The Labute approximate surface area is 116 Å². The summed E-state index contributed by atoms with van der Waals surface area (Å²) < 4.78 is 4.98. The first-order chi connectivity index (χ1) is 9.28. The van der Waals surface area contributed by atoms with E-state index in [2.05, 4.69) is 0 Å². The van der Waals surface area contributed by atoms with Crippen LogP contribution in [0.3, 0.4) is 0 Å². The summed E-state index contributed by atoms with van der Waals surface area (Å²) in [6.45, 7) is 1.47. The number of carbonyl (C=O) groups is 1. The van der Waals surface area contributed by atoms with Gasteiger partial charge in [0.1, 0.15) is 23.2 Å². The number of phenolic OH excluding ortho intramolecular Hbond substituents is 1. The molecule has 110 valence electrons. The molecule has 6 heteroatoms. The van der Waals surface area contributed by atoms with E-state index < -0.39 is 23.6 Å². The topological polar surface area (TPSA) is 107 Å². The van der Waals surface area contributed by atoms with Gasteiger partial charge in [-0.05, 0) is 13.0 Å². The van der Waals surface area contributed by atoms with Crippen molar-refractivity contribution in [2.24, 2.45) is 0 Å². The third kappa shape index (κ3) is 2.37. The number of rotatable bonds is 3. The number of Topliss-reactive ketones (excluding diaryl/α,β-unsaturated/α-hetero) is 1. The maximum Gasteiger partial charge on any atom is 0.169 e. The van der Waals surface area contributed by atoms with Gasteiger partial charge in [-0.1, -0.05) is 0 Å². The predicted molar refractivity (Wildman–Crippen MR) is 69.8 cm³/mol. The SMILES string of the molecule is COc1cc(O)c2c(c1)[C@H](O)[C@](O)(C[C@H](C)O)CC2=O. The van der Waals surface area contributed by atoms with Crippen LogP contribution in [0, 0.1) is 0 Å². The van der Waals surface area contributed by atoms with E-state index in [1.165, 1.54) is 26.2 Å². The number of ketones is 1. The number of aromatic hydroxyl groups is 1. The molecule has 0 saturated heterocycles. The van der Waals surface area contributed by atoms with Crippen molar-refractivity contribution in [1.82, 2.24) is 0 Å². The Morgan fingerprint density at radius 1 is 1.50 bits per heavy atom. The lowest BCUT2D eigenvalue weighted by Crippen LogP contribution is -2.45. The van der Waals surface area contributed by atoms with Crippen molar-refractivity contribution in [3.8, 4) is 11.5 Å². The zero-order valence-electron chi connectivity index (χ0n) is 11.3. The Hall–Kier alpha value is -1.63. The van der Waals surface area contributed by atoms with Gasteiger partial charge in [-0.25, -0.2) is 0 Å². The molecule has 2 rings (SSSR count). The Morgan fingerprint density at radius 2 is 2.15 bits per heavy atom. The Morgan fingerprint density at radius 3 is 2.70 bits per heavy atom. The quantitative estimate of drug-likeness (QED) is 0.644. The van der Waals surface area contributed by atoms with Crippen LogP contribution in [0.2, 0.25) is 0 Å². The normalized spacial score (nSPS) is 27.1. The molecule has 0 fully saturated rings. The zero-order valence-corrected chi connectivity index (χ0v) is 11.3. The van der Waals surface area contributed by atoms with Crippen molar-refractivity contribution in [2.75, 3.05) is 7.11 Å². The molecule has 0 aromatic heterocycles. The fraction of sp³-hybridized carbons (Fsp3) is 0.500. The maximum absolute atomic E-state index is 12.1. The molecule has 1 aromatic rings. The molecule has 0 bridgehead atoms. The van der Waals surface area contributed by atoms with Crippen molar-refractivity contribution < 1.29 is 30.0 Å². The fourth-order valence-electron chi connectivity index (χ4n) is 2.71. The second-order valence-corrected chi connectivity index (χ2v) is 5.27. The first-order valence-electron chi connectivity index (χ1n) is 6.31. The Balaban J connectivity index is 2.54. The molecule has 0 unspecified atom stereocenters. The third-order valence-electron chi connectivity index (χ3n) is 3.56. The summed E-state index contributed by atoms with van der Waals surface area (Å²) in [6, 6.07) is 2.69. The monoisotopic (exact) mass is 282 g/mol. The van der Waals surface area contributed by atoms with Crippen LogP contribution in [-0.2, 0) is 0 Å². The molecule has 0 aliphatic heterocycles. The minimum atomic E-state index is -1.75. The number of aliphatic hydroxyl groups is 3. The smallest absolute Gasteiger partial charge is 0.169 e. The minimum absolute atomic E-state index is 0.00596. The van der Waals surface area contributed by atoms with E-state index in [-0.39, 0.29) is 35.5 Å². The maximum atomic E-state index is 12.1. The van der Waals surface area contributed by atoms with Crippen LogP contribution >= 0.6 is 0 Å². The number of hydrogen-bond acceptors (Lipinski definition) is 6. The van der Waals surface area contributed by atoms with E-state index in [0.717, 1.165) is 0 Å². The summed E-state index contributed by atoms with van der Waals surface area (Å²) in [4.78, 5) is 12.1. The van der Waals surface area contributed by atoms with E-state index in [9.17, 15) is 25.2 Å². The van der Waals surface area contributed by atoms with Crippen LogP contribution in [0.1, 0.15) is 41.8 Å². The molecule has 20 heavy (non-hydrogen) atoms. The highest BCUT2D eigenvalue weighted by Crippen LogP contribution is 2.44. The summed E-state index contributed by atoms with van der Waals surface area (Å²) in [7, 11) is 1.39. The van der Waals surface area contributed by atoms with E-state index in [4.69, 9.17) is 4.74 Å². The van der Waals surface area contributed by atoms with Crippen LogP contribution in [0.5, 0.6) is 11.5 Å². The molecule has 0 radical (unpaired) electrons. The number of methoxy groups -OCH3 is 1. The van der Waals surface area contributed by atoms with Gasteiger partial charge in [0.05, 0.1) is 18.8 Å². The number of hydrogen-bond donors (Lipinski definition) is 4. The summed E-state index contributed by atoms with van der Waals surface area (Å²) in [6.07, 6.45) is -2.75. The number of aliphatic hydroxyl groups excluding tert-OH is 2. The van der Waals surface area contributed by atoms with Crippen molar-refractivity contribution in [1.29, 1.82) is 0 Å². The number of phenols is 1. The average Bonchev–Trinajstić information content (AvgIpc) is 2.33. The second kappa shape index (κ2) is 5.05. The number of benzene rings is 1. The van der Waals surface area contributed by atoms with Gasteiger partial charge in [-0.15, -0.1) is 0 Å². The van der Waals surface area contributed by atoms with Gasteiger partial charge >= 0.3 is 0 Å². The molecule has 0 spiro atoms. The van der Waals surface area contributed by atoms with Gasteiger partial charge in [0.15, 0.2) is 5.78 Å². The molecule has 1 aliphatic rings. The summed E-state index contributed by atoms with van der Waals surface area (Å²) in [5, 5.41) is 40.0. The fourth-order valence-corrected chi connectivity index (χ4v) is 2.71. The molecule has 0 heterocycles. The van der Waals surface area contributed by atoms with Crippen molar-refractivity contribution >= 4 is 5.78 Å². The molecular formula is C14H18O6. The molecule has 4 N–H and O–H groups in total. The Bertz CT molecular complexity index is 539.